The fourth-order valence-electron chi connectivity index (χ4n) is 1.80. The first-order chi connectivity index (χ1) is 9.04. The second-order valence-corrected chi connectivity index (χ2v) is 5.15. The standard InChI is InChI=1S/C11H15N3O4S/c1-6-5-19-11(13-6)14-10(17)12-4-7-2-3-8(18-7)9(15)16/h5,7-8H,2-4H2,1H3,(H,15,16)(H2,12,13,14,17). The maximum atomic E-state index is 11.6. The molecule has 1 aromatic heterocycles. The molecule has 0 saturated carbocycles. The van der Waals surface area contributed by atoms with E-state index < -0.39 is 12.1 Å². The Kier molecular flexibility index (Phi) is 4.33. The Labute approximate surface area is 114 Å². The highest BCUT2D eigenvalue weighted by Crippen LogP contribution is 2.19. The first-order valence-corrected chi connectivity index (χ1v) is 6.78. The Morgan fingerprint density at radius 1 is 1.58 bits per heavy atom. The van der Waals surface area contributed by atoms with Crippen LogP contribution < -0.4 is 10.6 Å². The van der Waals surface area contributed by atoms with Gasteiger partial charge in [-0.1, -0.05) is 0 Å². The van der Waals surface area contributed by atoms with Gasteiger partial charge in [0.2, 0.25) is 0 Å². The molecule has 1 fully saturated rings. The average Bonchev–Trinajstić information content (AvgIpc) is 2.96. The van der Waals surface area contributed by atoms with Crippen molar-refractivity contribution in [1.82, 2.24) is 10.3 Å². The number of hydrogen-bond donors (Lipinski definition) is 3. The van der Waals surface area contributed by atoms with Crippen LogP contribution in [0.4, 0.5) is 9.93 Å². The van der Waals surface area contributed by atoms with Gasteiger partial charge >= 0.3 is 12.0 Å². The molecule has 0 aromatic carbocycles. The zero-order chi connectivity index (χ0) is 13.8. The molecule has 2 rings (SSSR count). The summed E-state index contributed by atoms with van der Waals surface area (Å²) in [5.74, 6) is -0.954. The molecule has 2 heterocycles. The molecule has 2 atom stereocenters. The van der Waals surface area contributed by atoms with Crippen molar-refractivity contribution in [1.29, 1.82) is 0 Å². The SMILES string of the molecule is Cc1csc(NC(=O)NCC2CCC(C(=O)O)O2)n1. The quantitative estimate of drug-likeness (QED) is 0.772. The number of nitrogens with one attached hydrogen (secondary N) is 2. The van der Waals surface area contributed by atoms with Gasteiger partial charge in [0, 0.05) is 11.9 Å². The van der Waals surface area contributed by atoms with E-state index in [-0.39, 0.29) is 12.1 Å². The number of ether oxygens (including phenoxy) is 1. The Hall–Kier alpha value is -1.67. The highest BCUT2D eigenvalue weighted by Gasteiger charge is 2.30. The van der Waals surface area contributed by atoms with E-state index in [1.165, 1.54) is 11.3 Å². The number of carbonyl (C=O) groups is 2. The lowest BCUT2D eigenvalue weighted by molar-refractivity contribution is -0.149. The minimum absolute atomic E-state index is 0.245. The monoisotopic (exact) mass is 285 g/mol. The molecule has 0 radical (unpaired) electrons. The fourth-order valence-corrected chi connectivity index (χ4v) is 2.48. The van der Waals surface area contributed by atoms with Crippen LogP contribution in [0.3, 0.4) is 0 Å². The van der Waals surface area contributed by atoms with Crippen molar-refractivity contribution >= 4 is 28.5 Å². The lowest BCUT2D eigenvalue weighted by atomic mass is 10.2. The van der Waals surface area contributed by atoms with Crippen molar-refractivity contribution in [2.75, 3.05) is 11.9 Å². The van der Waals surface area contributed by atoms with Crippen LogP contribution in [0, 0.1) is 6.92 Å². The fraction of sp³-hybridized carbons (Fsp3) is 0.545. The third-order valence-electron chi connectivity index (χ3n) is 2.71. The number of urea groups is 1. The summed E-state index contributed by atoms with van der Waals surface area (Å²) in [5, 5.41) is 16.4. The summed E-state index contributed by atoms with van der Waals surface area (Å²) in [6.45, 7) is 2.14. The van der Waals surface area contributed by atoms with E-state index in [0.29, 0.717) is 24.5 Å². The number of carboxylic acids is 1. The van der Waals surface area contributed by atoms with Gasteiger partial charge in [-0.2, -0.15) is 0 Å². The zero-order valence-corrected chi connectivity index (χ0v) is 11.2. The van der Waals surface area contributed by atoms with Crippen LogP contribution in [-0.4, -0.2) is 40.8 Å². The summed E-state index contributed by atoms with van der Waals surface area (Å²) in [6, 6.07) is -0.364. The molecule has 0 aliphatic carbocycles. The first kappa shape index (κ1) is 13.8. The maximum Gasteiger partial charge on any atom is 0.332 e. The van der Waals surface area contributed by atoms with Crippen LogP contribution in [0.5, 0.6) is 0 Å². The molecule has 0 spiro atoms. The Morgan fingerprint density at radius 2 is 2.37 bits per heavy atom. The van der Waals surface area contributed by atoms with Gasteiger partial charge in [0.25, 0.3) is 0 Å². The molecule has 1 aliphatic rings. The molecule has 19 heavy (non-hydrogen) atoms. The number of carbonyl (C=O) groups excluding carboxylic acids is 1. The highest BCUT2D eigenvalue weighted by atomic mass is 32.1. The number of aromatic nitrogens is 1. The van der Waals surface area contributed by atoms with Crippen molar-refractivity contribution < 1.29 is 19.4 Å². The highest BCUT2D eigenvalue weighted by molar-refractivity contribution is 7.13. The second kappa shape index (κ2) is 5.98. The summed E-state index contributed by atoms with van der Waals surface area (Å²) in [7, 11) is 0. The molecule has 1 aromatic rings. The molecular weight excluding hydrogens is 270 g/mol. The van der Waals surface area contributed by atoms with Crippen molar-refractivity contribution in [3.05, 3.63) is 11.1 Å². The van der Waals surface area contributed by atoms with Gasteiger partial charge < -0.3 is 15.2 Å². The average molecular weight is 285 g/mol. The Morgan fingerprint density at radius 3 is 2.95 bits per heavy atom. The maximum absolute atomic E-state index is 11.6. The van der Waals surface area contributed by atoms with E-state index in [2.05, 4.69) is 15.6 Å². The first-order valence-electron chi connectivity index (χ1n) is 5.90. The van der Waals surface area contributed by atoms with Crippen LogP contribution >= 0.6 is 11.3 Å². The molecule has 1 aliphatic heterocycles. The van der Waals surface area contributed by atoms with E-state index in [4.69, 9.17) is 9.84 Å². The van der Waals surface area contributed by atoms with E-state index >= 15 is 0 Å². The third kappa shape index (κ3) is 3.90. The smallest absolute Gasteiger partial charge is 0.332 e. The molecule has 104 valence electrons. The number of aryl methyl sites for hydroxylation is 1. The topological polar surface area (TPSA) is 101 Å². The van der Waals surface area contributed by atoms with Crippen molar-refractivity contribution in [2.24, 2.45) is 0 Å². The van der Waals surface area contributed by atoms with Crippen LogP contribution in [-0.2, 0) is 9.53 Å². The Balaban J connectivity index is 1.71. The number of amides is 2. The van der Waals surface area contributed by atoms with Gasteiger partial charge in [-0.3, -0.25) is 5.32 Å². The van der Waals surface area contributed by atoms with E-state index in [1.807, 2.05) is 12.3 Å². The van der Waals surface area contributed by atoms with Crippen molar-refractivity contribution in [3.63, 3.8) is 0 Å². The number of nitrogens with zero attached hydrogens (tertiary/aromatic N) is 1. The van der Waals surface area contributed by atoms with E-state index in [1.54, 1.807) is 0 Å². The largest absolute Gasteiger partial charge is 0.479 e. The molecule has 7 nitrogen and oxygen atoms in total. The molecule has 2 unspecified atom stereocenters. The Bertz CT molecular complexity index is 476. The second-order valence-electron chi connectivity index (χ2n) is 4.29. The third-order valence-corrected chi connectivity index (χ3v) is 3.59. The minimum atomic E-state index is -0.954. The number of thiazole rings is 1. The number of aliphatic carboxylic acids is 1. The summed E-state index contributed by atoms with van der Waals surface area (Å²) in [5.41, 5.74) is 0.851. The summed E-state index contributed by atoms with van der Waals surface area (Å²) >= 11 is 1.35. The van der Waals surface area contributed by atoms with Crippen molar-refractivity contribution in [2.45, 2.75) is 32.0 Å². The summed E-state index contributed by atoms with van der Waals surface area (Å²) < 4.78 is 5.27. The molecule has 8 heteroatoms. The van der Waals surface area contributed by atoms with Crippen molar-refractivity contribution in [3.8, 4) is 0 Å². The number of carboxylic acid groups (broad SMARTS) is 1. The summed E-state index contributed by atoms with van der Waals surface area (Å²) in [6.07, 6.45) is 0.115. The van der Waals surface area contributed by atoms with Crippen LogP contribution in [0.15, 0.2) is 5.38 Å². The lowest BCUT2D eigenvalue weighted by Gasteiger charge is -2.12. The van der Waals surface area contributed by atoms with Crippen LogP contribution in [0.1, 0.15) is 18.5 Å². The van der Waals surface area contributed by atoms with Gasteiger partial charge in [-0.25, -0.2) is 14.6 Å². The van der Waals surface area contributed by atoms with E-state index in [0.717, 1.165) is 5.69 Å². The van der Waals surface area contributed by atoms with E-state index in [9.17, 15) is 9.59 Å². The molecular formula is C11H15N3O4S. The van der Waals surface area contributed by atoms with Crippen LogP contribution in [0.25, 0.3) is 0 Å². The number of hydrogen-bond acceptors (Lipinski definition) is 5. The van der Waals surface area contributed by atoms with Crippen LogP contribution in [0.2, 0.25) is 0 Å². The predicted molar refractivity (Wildman–Crippen MR) is 69.4 cm³/mol. The van der Waals surface area contributed by atoms with Gasteiger partial charge in [-0.05, 0) is 19.8 Å². The predicted octanol–water partition coefficient (Wildman–Crippen LogP) is 1.21. The molecule has 3 N–H and O–H groups in total. The molecule has 2 amide bonds. The van der Waals surface area contributed by atoms with Gasteiger partial charge in [0.15, 0.2) is 11.2 Å². The normalized spacial score (nSPS) is 22.2. The molecule has 0 bridgehead atoms. The van der Waals surface area contributed by atoms with Gasteiger partial charge in [0.05, 0.1) is 11.8 Å². The zero-order valence-electron chi connectivity index (χ0n) is 10.4. The molecule has 1 saturated heterocycles. The minimum Gasteiger partial charge on any atom is -0.479 e. The number of anilines is 1. The summed E-state index contributed by atoms with van der Waals surface area (Å²) in [4.78, 5) is 26.4. The van der Waals surface area contributed by atoms with Gasteiger partial charge in [-0.15, -0.1) is 11.3 Å². The number of rotatable bonds is 4. The van der Waals surface area contributed by atoms with Gasteiger partial charge in [0.1, 0.15) is 0 Å². The lowest BCUT2D eigenvalue weighted by Crippen LogP contribution is -2.35.